The fourth-order valence-electron chi connectivity index (χ4n) is 3.11. The topological polar surface area (TPSA) is 79.3 Å². The molecular weight excluding hydrogens is 354 g/mol. The van der Waals surface area contributed by atoms with Crippen molar-refractivity contribution >= 4 is 29.4 Å². The van der Waals surface area contributed by atoms with Gasteiger partial charge in [0.05, 0.1) is 12.2 Å². The quantitative estimate of drug-likeness (QED) is 0.862. The van der Waals surface area contributed by atoms with Crippen LogP contribution in [0.1, 0.15) is 24.6 Å². The predicted molar refractivity (Wildman–Crippen MR) is 100 cm³/mol. The molecule has 138 valence electrons. The zero-order valence-electron chi connectivity index (χ0n) is 14.8. The average molecular weight is 376 g/mol. The van der Waals surface area contributed by atoms with E-state index in [1.54, 1.807) is 9.58 Å². The maximum Gasteiger partial charge on any atom is 0.323 e. The zero-order valence-corrected chi connectivity index (χ0v) is 15.6. The van der Waals surface area contributed by atoms with Gasteiger partial charge >= 0.3 is 6.03 Å². The number of hydrogen-bond acceptors (Lipinski definition) is 3. The number of nitrogens with zero attached hydrogens (tertiary/aromatic N) is 3. The maximum atomic E-state index is 12.6. The highest BCUT2D eigenvalue weighted by molar-refractivity contribution is 6.30. The third-order valence-corrected chi connectivity index (χ3v) is 4.48. The van der Waals surface area contributed by atoms with Gasteiger partial charge in [-0.05, 0) is 31.0 Å². The number of nitrogens with one attached hydrogen (secondary N) is 2. The lowest BCUT2D eigenvalue weighted by molar-refractivity contribution is -0.119. The number of likely N-dealkylation sites (tertiary alicyclic amines) is 1. The third kappa shape index (κ3) is 4.54. The molecule has 0 aliphatic carbocycles. The Morgan fingerprint density at radius 2 is 2.15 bits per heavy atom. The molecule has 8 heteroatoms. The number of hydrogen-bond donors (Lipinski definition) is 2. The first-order valence-electron chi connectivity index (χ1n) is 8.52. The number of amides is 3. The number of anilines is 1. The van der Waals surface area contributed by atoms with Crippen molar-refractivity contribution in [3.05, 3.63) is 46.6 Å². The van der Waals surface area contributed by atoms with Crippen molar-refractivity contribution < 1.29 is 9.59 Å². The molecule has 2 N–H and O–H groups in total. The van der Waals surface area contributed by atoms with E-state index < -0.39 is 0 Å². The largest absolute Gasteiger partial charge is 0.352 e. The molecule has 26 heavy (non-hydrogen) atoms. The van der Waals surface area contributed by atoms with E-state index in [0.29, 0.717) is 30.5 Å². The van der Waals surface area contributed by atoms with Gasteiger partial charge in [0.2, 0.25) is 5.91 Å². The van der Waals surface area contributed by atoms with Gasteiger partial charge in [0.15, 0.2) is 0 Å². The van der Waals surface area contributed by atoms with Crippen molar-refractivity contribution in [2.45, 2.75) is 32.9 Å². The molecule has 1 aromatic heterocycles. The third-order valence-electron chi connectivity index (χ3n) is 4.24. The van der Waals surface area contributed by atoms with E-state index in [1.807, 2.05) is 37.3 Å². The van der Waals surface area contributed by atoms with Crippen LogP contribution in [-0.4, -0.2) is 45.8 Å². The lowest BCUT2D eigenvalue weighted by Crippen LogP contribution is -2.39. The zero-order chi connectivity index (χ0) is 18.7. The van der Waals surface area contributed by atoms with Crippen LogP contribution in [-0.2, 0) is 11.3 Å². The Bertz CT molecular complexity index is 820. The number of rotatable bonds is 4. The molecule has 0 radical (unpaired) electrons. The first-order valence-corrected chi connectivity index (χ1v) is 8.90. The van der Waals surface area contributed by atoms with E-state index in [2.05, 4.69) is 15.7 Å². The second kappa shape index (κ2) is 7.78. The van der Waals surface area contributed by atoms with Crippen LogP contribution in [0.25, 0.3) is 0 Å². The number of carbonyl (C=O) groups excluding carboxylic acids is 2. The monoisotopic (exact) mass is 375 g/mol. The smallest absolute Gasteiger partial charge is 0.323 e. The molecule has 2 aromatic rings. The van der Waals surface area contributed by atoms with Crippen molar-refractivity contribution in [2.75, 3.05) is 18.4 Å². The molecule has 0 spiro atoms. The second-order valence-corrected chi connectivity index (χ2v) is 6.96. The van der Waals surface area contributed by atoms with Crippen LogP contribution in [0.2, 0.25) is 5.02 Å². The van der Waals surface area contributed by atoms with E-state index in [-0.39, 0.29) is 18.0 Å². The van der Waals surface area contributed by atoms with E-state index in [9.17, 15) is 9.59 Å². The van der Waals surface area contributed by atoms with Gasteiger partial charge in [-0.2, -0.15) is 5.10 Å². The summed E-state index contributed by atoms with van der Waals surface area (Å²) in [5.74, 6) is 0.558. The molecule has 2 heterocycles. The van der Waals surface area contributed by atoms with Crippen LogP contribution in [0.15, 0.2) is 30.3 Å². The molecule has 1 fully saturated rings. The summed E-state index contributed by atoms with van der Waals surface area (Å²) in [5.41, 5.74) is 1.82. The number of aromatic nitrogens is 2. The average Bonchev–Trinajstić information content (AvgIpc) is 3.14. The van der Waals surface area contributed by atoms with Crippen LogP contribution in [0.5, 0.6) is 0 Å². The summed E-state index contributed by atoms with van der Waals surface area (Å²) in [6.07, 6.45) is 0.758. The van der Waals surface area contributed by atoms with Crippen molar-refractivity contribution in [3.8, 4) is 0 Å². The Balaban J connectivity index is 1.66. The summed E-state index contributed by atoms with van der Waals surface area (Å²) in [7, 11) is 0. The first kappa shape index (κ1) is 18.3. The van der Waals surface area contributed by atoms with Crippen molar-refractivity contribution in [1.82, 2.24) is 20.0 Å². The number of aryl methyl sites for hydroxylation is 1. The Hall–Kier alpha value is -2.54. The van der Waals surface area contributed by atoms with Gasteiger partial charge in [-0.15, -0.1) is 0 Å². The molecule has 7 nitrogen and oxygen atoms in total. The number of urea groups is 1. The van der Waals surface area contributed by atoms with Gasteiger partial charge in [-0.3, -0.25) is 10.1 Å². The van der Waals surface area contributed by atoms with E-state index in [0.717, 1.165) is 17.7 Å². The Kier molecular flexibility index (Phi) is 5.46. The number of benzene rings is 1. The molecule has 1 aliphatic heterocycles. The lowest BCUT2D eigenvalue weighted by Gasteiger charge is -2.18. The highest BCUT2D eigenvalue weighted by atomic mass is 35.5. The summed E-state index contributed by atoms with van der Waals surface area (Å²) in [6, 6.07) is 9.21. The van der Waals surface area contributed by atoms with Crippen LogP contribution in [0, 0.1) is 6.92 Å². The van der Waals surface area contributed by atoms with Gasteiger partial charge in [0.25, 0.3) is 0 Å². The summed E-state index contributed by atoms with van der Waals surface area (Å²) < 4.78 is 1.75. The normalized spacial score (nSPS) is 16.6. The lowest BCUT2D eigenvalue weighted by atomic mass is 10.2. The summed E-state index contributed by atoms with van der Waals surface area (Å²) in [6.45, 7) is 5.00. The minimum atomic E-state index is -0.190. The fraction of sp³-hybridized carbons (Fsp3) is 0.389. The summed E-state index contributed by atoms with van der Waals surface area (Å²) in [5, 5.41) is 10.9. The number of halogens is 1. The van der Waals surface area contributed by atoms with Gasteiger partial charge in [0.1, 0.15) is 5.82 Å². The van der Waals surface area contributed by atoms with Gasteiger partial charge in [-0.1, -0.05) is 23.7 Å². The molecule has 0 unspecified atom stereocenters. The highest BCUT2D eigenvalue weighted by Crippen LogP contribution is 2.17. The maximum absolute atomic E-state index is 12.6. The van der Waals surface area contributed by atoms with Crippen LogP contribution < -0.4 is 10.6 Å². The molecule has 3 amide bonds. The van der Waals surface area contributed by atoms with Crippen LogP contribution >= 0.6 is 11.6 Å². The molecule has 1 aliphatic rings. The molecular formula is C18H22ClN5O2. The molecule has 1 aromatic carbocycles. The molecule has 1 atom stereocenters. The van der Waals surface area contributed by atoms with E-state index in [4.69, 9.17) is 11.6 Å². The Labute approximate surface area is 157 Å². The van der Waals surface area contributed by atoms with Gasteiger partial charge in [0, 0.05) is 37.1 Å². The minimum absolute atomic E-state index is 0.0105. The molecule has 0 saturated carbocycles. The molecule has 3 rings (SSSR count). The predicted octanol–water partition coefficient (Wildman–Crippen LogP) is 2.64. The highest BCUT2D eigenvalue weighted by Gasteiger charge is 2.27. The van der Waals surface area contributed by atoms with Crippen LogP contribution in [0.3, 0.4) is 0 Å². The summed E-state index contributed by atoms with van der Waals surface area (Å²) in [4.78, 5) is 25.4. The molecule has 1 saturated heterocycles. The summed E-state index contributed by atoms with van der Waals surface area (Å²) >= 11 is 6.04. The van der Waals surface area contributed by atoms with Crippen molar-refractivity contribution in [2.24, 2.45) is 0 Å². The fourth-order valence-corrected chi connectivity index (χ4v) is 3.33. The van der Waals surface area contributed by atoms with Gasteiger partial charge < -0.3 is 10.2 Å². The van der Waals surface area contributed by atoms with E-state index >= 15 is 0 Å². The Morgan fingerprint density at radius 1 is 1.35 bits per heavy atom. The minimum Gasteiger partial charge on any atom is -0.352 e. The van der Waals surface area contributed by atoms with E-state index in [1.165, 1.54) is 6.92 Å². The first-order chi connectivity index (χ1) is 12.4. The van der Waals surface area contributed by atoms with Crippen molar-refractivity contribution in [1.29, 1.82) is 0 Å². The van der Waals surface area contributed by atoms with Gasteiger partial charge in [-0.25, -0.2) is 9.48 Å². The van der Waals surface area contributed by atoms with Crippen LogP contribution in [0.4, 0.5) is 10.6 Å². The number of carbonyl (C=O) groups is 2. The standard InChI is InChI=1S/C18H22ClN5O2/c1-12-8-17(24(22-12)10-14-4-3-5-15(19)9-14)21-18(26)23-7-6-16(11-23)20-13(2)25/h3-5,8-9,16H,6-7,10-11H2,1-2H3,(H,20,25)(H,21,26)/t16-/m1/s1. The SMILES string of the molecule is CC(=O)N[C@@H]1CCN(C(=O)Nc2cc(C)nn2Cc2cccc(Cl)c2)C1. The molecule has 0 bridgehead atoms. The Morgan fingerprint density at radius 3 is 2.88 bits per heavy atom. The second-order valence-electron chi connectivity index (χ2n) is 6.52. The van der Waals surface area contributed by atoms with Crippen molar-refractivity contribution in [3.63, 3.8) is 0 Å².